The average molecular weight is 325 g/mol. The molecule has 0 saturated heterocycles. The molecule has 2 amide bonds. The van der Waals surface area contributed by atoms with Crippen molar-refractivity contribution >= 4 is 52.3 Å². The van der Waals surface area contributed by atoms with Gasteiger partial charge in [-0.3, -0.25) is 9.59 Å². The number of carbonyl (C=O) groups excluding carboxylic acids is 2. The number of nitrogens with two attached hydrogens (primary N) is 1. The summed E-state index contributed by atoms with van der Waals surface area (Å²) in [6, 6.07) is 0.131. The molecule has 6 nitrogen and oxygen atoms in total. The molecule has 1 rings (SSSR count). The van der Waals surface area contributed by atoms with Gasteiger partial charge in [0.2, 0.25) is 5.91 Å². The fraction of sp³-hybridized carbons (Fsp3) is 0.300. The molecule has 0 aromatic carbocycles. The van der Waals surface area contributed by atoms with Crippen LogP contribution < -0.4 is 11.1 Å². The normalized spacial score (nSPS) is 11.9. The highest BCUT2D eigenvalue weighted by Crippen LogP contribution is 2.31. The molecule has 0 aliphatic heterocycles. The Balaban J connectivity index is 2.74. The lowest BCUT2D eigenvalue weighted by molar-refractivity contribution is -0.139. The molecule has 0 aliphatic rings. The second-order valence-electron chi connectivity index (χ2n) is 3.61. The van der Waals surface area contributed by atoms with E-state index in [1.165, 1.54) is 6.07 Å². The lowest BCUT2D eigenvalue weighted by Gasteiger charge is -2.13. The van der Waals surface area contributed by atoms with E-state index in [0.29, 0.717) is 4.34 Å². The van der Waals surface area contributed by atoms with Gasteiger partial charge in [0.1, 0.15) is 10.4 Å². The van der Waals surface area contributed by atoms with Crippen LogP contribution in [0.15, 0.2) is 6.07 Å². The number of thiophene rings is 1. The molecule has 0 fully saturated rings. The van der Waals surface area contributed by atoms with Crippen molar-refractivity contribution in [3.8, 4) is 0 Å². The number of aliphatic carboxylic acids is 1. The monoisotopic (exact) mass is 324 g/mol. The number of carbonyl (C=O) groups is 3. The van der Waals surface area contributed by atoms with Crippen LogP contribution in [0.25, 0.3) is 0 Å². The molecule has 1 aromatic rings. The lowest BCUT2D eigenvalue weighted by atomic mass is 10.1. The number of primary amides is 1. The van der Waals surface area contributed by atoms with Crippen LogP contribution in [0.1, 0.15) is 23.2 Å². The van der Waals surface area contributed by atoms with Crippen LogP contribution in [-0.2, 0) is 9.59 Å². The van der Waals surface area contributed by atoms with Crippen molar-refractivity contribution in [3.05, 3.63) is 20.3 Å². The van der Waals surface area contributed by atoms with Gasteiger partial charge in [0.25, 0.3) is 5.91 Å². The average Bonchev–Trinajstić information content (AvgIpc) is 2.62. The lowest BCUT2D eigenvalue weighted by Crippen LogP contribution is -2.41. The summed E-state index contributed by atoms with van der Waals surface area (Å²) in [5.41, 5.74) is 5.03. The number of amides is 2. The summed E-state index contributed by atoms with van der Waals surface area (Å²) < 4.78 is 0.487. The van der Waals surface area contributed by atoms with Gasteiger partial charge < -0.3 is 16.2 Å². The molecule has 1 atom stereocenters. The quantitative estimate of drug-likeness (QED) is 0.736. The molecule has 0 bridgehead atoms. The van der Waals surface area contributed by atoms with Crippen molar-refractivity contribution in [2.24, 2.45) is 5.73 Å². The summed E-state index contributed by atoms with van der Waals surface area (Å²) in [7, 11) is 0. The van der Waals surface area contributed by atoms with Crippen molar-refractivity contribution in [1.82, 2.24) is 5.32 Å². The summed E-state index contributed by atoms with van der Waals surface area (Å²) in [5, 5.41) is 11.2. The highest BCUT2D eigenvalue weighted by molar-refractivity contribution is 7.20. The van der Waals surface area contributed by atoms with Crippen molar-refractivity contribution < 1.29 is 19.5 Å². The Morgan fingerprint density at radius 1 is 1.42 bits per heavy atom. The van der Waals surface area contributed by atoms with Gasteiger partial charge in [0, 0.05) is 6.42 Å². The first-order valence-corrected chi connectivity index (χ1v) is 6.65. The minimum Gasteiger partial charge on any atom is -0.480 e. The van der Waals surface area contributed by atoms with Crippen LogP contribution in [-0.4, -0.2) is 28.9 Å². The van der Waals surface area contributed by atoms with Crippen molar-refractivity contribution in [2.45, 2.75) is 18.9 Å². The fourth-order valence-corrected chi connectivity index (χ4v) is 2.73. The molecule has 1 unspecified atom stereocenters. The van der Waals surface area contributed by atoms with E-state index in [9.17, 15) is 14.4 Å². The number of halogens is 2. The first kappa shape index (κ1) is 15.7. The predicted molar refractivity (Wildman–Crippen MR) is 71.7 cm³/mol. The highest BCUT2D eigenvalue weighted by atomic mass is 35.5. The zero-order valence-electron chi connectivity index (χ0n) is 9.48. The summed E-state index contributed by atoms with van der Waals surface area (Å²) in [6.07, 6.45) is -0.235. The van der Waals surface area contributed by atoms with Gasteiger partial charge in [-0.1, -0.05) is 23.2 Å². The van der Waals surface area contributed by atoms with Gasteiger partial charge in [-0.25, -0.2) is 4.79 Å². The van der Waals surface area contributed by atoms with Crippen LogP contribution >= 0.6 is 34.5 Å². The molecule has 19 heavy (non-hydrogen) atoms. The molecular weight excluding hydrogens is 315 g/mol. The Morgan fingerprint density at radius 2 is 2.05 bits per heavy atom. The van der Waals surface area contributed by atoms with E-state index in [0.717, 1.165) is 11.3 Å². The summed E-state index contributed by atoms with van der Waals surface area (Å²) in [4.78, 5) is 33.4. The van der Waals surface area contributed by atoms with Crippen molar-refractivity contribution in [2.75, 3.05) is 0 Å². The second-order valence-corrected chi connectivity index (χ2v) is 5.89. The van der Waals surface area contributed by atoms with Crippen LogP contribution in [0.5, 0.6) is 0 Å². The van der Waals surface area contributed by atoms with Crippen LogP contribution in [0.4, 0.5) is 0 Å². The molecule has 104 valence electrons. The third kappa shape index (κ3) is 4.70. The second kappa shape index (κ2) is 6.74. The van der Waals surface area contributed by atoms with E-state index in [1.807, 2.05) is 0 Å². The molecule has 4 N–H and O–H groups in total. The Hall–Kier alpha value is -1.31. The maximum absolute atomic E-state index is 11.8. The number of hydrogen-bond donors (Lipinski definition) is 3. The van der Waals surface area contributed by atoms with E-state index < -0.39 is 23.8 Å². The fourth-order valence-electron chi connectivity index (χ4n) is 1.28. The van der Waals surface area contributed by atoms with E-state index in [2.05, 4.69) is 5.32 Å². The zero-order chi connectivity index (χ0) is 14.6. The number of carboxylic acid groups (broad SMARTS) is 1. The number of hydrogen-bond acceptors (Lipinski definition) is 4. The summed E-state index contributed by atoms with van der Waals surface area (Å²) in [5.74, 6) is -2.56. The predicted octanol–water partition coefficient (Wildman–Crippen LogP) is 1.50. The molecule has 0 aliphatic carbocycles. The largest absolute Gasteiger partial charge is 0.480 e. The minimum atomic E-state index is -1.26. The summed E-state index contributed by atoms with van der Waals surface area (Å²) in [6.45, 7) is 0. The zero-order valence-corrected chi connectivity index (χ0v) is 11.8. The maximum Gasteiger partial charge on any atom is 0.326 e. The Kier molecular flexibility index (Phi) is 5.59. The molecule has 0 spiro atoms. The number of nitrogens with one attached hydrogen (secondary N) is 1. The topological polar surface area (TPSA) is 109 Å². The van der Waals surface area contributed by atoms with Crippen LogP contribution in [0, 0.1) is 0 Å². The third-order valence-corrected chi connectivity index (χ3v) is 3.67. The smallest absolute Gasteiger partial charge is 0.326 e. The molecule has 9 heteroatoms. The van der Waals surface area contributed by atoms with Gasteiger partial charge in [-0.05, 0) is 12.5 Å². The molecule has 1 heterocycles. The first-order valence-electron chi connectivity index (χ1n) is 5.08. The van der Waals surface area contributed by atoms with Crippen LogP contribution in [0.2, 0.25) is 8.67 Å². The van der Waals surface area contributed by atoms with Gasteiger partial charge in [-0.15, -0.1) is 11.3 Å². The van der Waals surface area contributed by atoms with E-state index in [-0.39, 0.29) is 22.7 Å². The number of carboxylic acids is 1. The standard InChI is InChI=1S/C10H10Cl2N2O4S/c11-6-3-4(8(12)19-6)9(16)14-5(10(17)18)1-2-7(13)15/h3,5H,1-2H2,(H2,13,15)(H,14,16)(H,17,18). The first-order chi connectivity index (χ1) is 8.81. The molecule has 1 aromatic heterocycles. The Bertz CT molecular complexity index is 518. The SMILES string of the molecule is NC(=O)CCC(NC(=O)c1cc(Cl)sc1Cl)C(=O)O. The minimum absolute atomic E-state index is 0.0914. The van der Waals surface area contributed by atoms with Gasteiger partial charge in [-0.2, -0.15) is 0 Å². The molecule has 0 radical (unpaired) electrons. The maximum atomic E-state index is 11.8. The van der Waals surface area contributed by atoms with Crippen LogP contribution in [0.3, 0.4) is 0 Å². The summed E-state index contributed by atoms with van der Waals surface area (Å²) >= 11 is 12.5. The molecular formula is C10H10Cl2N2O4S. The van der Waals surface area contributed by atoms with Gasteiger partial charge in [0.05, 0.1) is 9.90 Å². The number of rotatable bonds is 6. The van der Waals surface area contributed by atoms with E-state index >= 15 is 0 Å². The van der Waals surface area contributed by atoms with E-state index in [4.69, 9.17) is 34.0 Å². The van der Waals surface area contributed by atoms with E-state index in [1.54, 1.807) is 0 Å². The Labute approximate surface area is 122 Å². The highest BCUT2D eigenvalue weighted by Gasteiger charge is 2.23. The van der Waals surface area contributed by atoms with Crippen molar-refractivity contribution in [3.63, 3.8) is 0 Å². The van der Waals surface area contributed by atoms with Gasteiger partial charge in [0.15, 0.2) is 0 Å². The van der Waals surface area contributed by atoms with Crippen molar-refractivity contribution in [1.29, 1.82) is 0 Å². The Morgan fingerprint density at radius 3 is 2.47 bits per heavy atom. The molecule has 0 saturated carbocycles. The third-order valence-electron chi connectivity index (χ3n) is 2.18. The van der Waals surface area contributed by atoms with Gasteiger partial charge >= 0.3 is 5.97 Å².